The third-order valence-electron chi connectivity index (χ3n) is 18.2. The van der Waals surface area contributed by atoms with Crippen molar-refractivity contribution in [2.75, 3.05) is 46.2 Å². The third-order valence-corrected chi connectivity index (χ3v) is 18.2. The van der Waals surface area contributed by atoms with Crippen molar-refractivity contribution in [2.24, 2.45) is 0 Å². The predicted octanol–water partition coefficient (Wildman–Crippen LogP) is -16.8. The van der Waals surface area contributed by atoms with Gasteiger partial charge < -0.3 is 200 Å². The fourth-order valence-corrected chi connectivity index (χ4v) is 12.8. The summed E-state index contributed by atoms with van der Waals surface area (Å²) in [7, 11) is 0. The first-order chi connectivity index (χ1) is 47.2. The van der Waals surface area contributed by atoms with E-state index < -0.39 is 315 Å². The second-order valence-corrected chi connectivity index (χ2v) is 25.4. The van der Waals surface area contributed by atoms with E-state index in [4.69, 9.17) is 71.1 Å². The largest absolute Gasteiger partial charge is 0.394 e. The summed E-state index contributed by atoms with van der Waals surface area (Å²) in [5.41, 5.74) is 0. The zero-order valence-electron chi connectivity index (χ0n) is 54.2. The maximum atomic E-state index is 13.1. The lowest BCUT2D eigenvalue weighted by Crippen LogP contribution is -2.71. The molecule has 0 spiro atoms. The molecular weight excluding hydrogens is 1370 g/mol. The Hall–Kier alpha value is -3.56. The van der Waals surface area contributed by atoms with Crippen molar-refractivity contribution in [3.63, 3.8) is 0 Å². The zero-order chi connectivity index (χ0) is 73.8. The molecule has 0 aromatic carbocycles. The molecule has 8 heterocycles. The molecule has 44 heteroatoms. The molecule has 0 aromatic rings. The van der Waals surface area contributed by atoms with Crippen LogP contribution in [0.2, 0.25) is 0 Å². The highest BCUT2D eigenvalue weighted by Crippen LogP contribution is 2.39. The molecule has 578 valence electrons. The van der Waals surface area contributed by atoms with Gasteiger partial charge in [0.25, 0.3) is 0 Å². The Labute approximate surface area is 567 Å². The Morgan fingerprint density at radius 3 is 1.08 bits per heavy atom. The molecule has 44 nitrogen and oxygen atoms in total. The second-order valence-electron chi connectivity index (χ2n) is 25.4. The van der Waals surface area contributed by atoms with Gasteiger partial charge in [-0.2, -0.15) is 0 Å². The molecular formula is C56H94N4O40. The number of aliphatic hydroxyl groups excluding tert-OH is 21. The second kappa shape index (κ2) is 35.7. The van der Waals surface area contributed by atoms with E-state index in [1.54, 1.807) is 0 Å². The van der Waals surface area contributed by atoms with Crippen molar-refractivity contribution < 1.29 is 197 Å². The maximum Gasteiger partial charge on any atom is 0.217 e. The predicted molar refractivity (Wildman–Crippen MR) is 309 cm³/mol. The van der Waals surface area contributed by atoms with Gasteiger partial charge in [0.05, 0.1) is 52.4 Å². The zero-order valence-corrected chi connectivity index (χ0v) is 54.2. The Bertz CT molecular complexity index is 2620. The molecule has 8 rings (SSSR count). The SMILES string of the molecule is CC(=O)N[C@@H]1[C@@H](O)[C@H](O[C@@H]2O[C@H](CO)[C@@H](O[C@@H]3O[C@H](CO[C@H]4O[C@H](CO)[C@@H](O)[C@H](O)[C@@H]4O)[C@@H](O)[C@H](O[C@H]4O[C@H](CO)[C@@H](O[C@@H]5O[C@H](CO)[C@@H](O)[C@H](O)[C@H]5NC(C)=O)[C@H](O)[C@@H]4O[C@@H]4O[C@H](CO)[C@@H](O)[C@H](O)[C@H]4NC(C)=O)[C@@H]3O)[C@H](O)[C@H]2NC(C)=O)[C@@H](CO[C@H]2O[C@H](C)[C@H](O)[C@H](O)[C@H]2O)O[C@H]1O. The molecule has 25 N–H and O–H groups in total. The molecule has 100 heavy (non-hydrogen) atoms. The van der Waals surface area contributed by atoms with E-state index in [0.717, 1.165) is 27.7 Å². The molecule has 8 aliphatic heterocycles. The van der Waals surface area contributed by atoms with Crippen LogP contribution in [0.4, 0.5) is 0 Å². The van der Waals surface area contributed by atoms with Crippen LogP contribution in [0, 0.1) is 0 Å². The van der Waals surface area contributed by atoms with Crippen LogP contribution in [0.5, 0.6) is 0 Å². The van der Waals surface area contributed by atoms with Crippen LogP contribution in [-0.4, -0.2) is 423 Å². The summed E-state index contributed by atoms with van der Waals surface area (Å²) in [6, 6.07) is -7.20. The highest BCUT2D eigenvalue weighted by Gasteiger charge is 2.60. The van der Waals surface area contributed by atoms with Gasteiger partial charge in [-0.05, 0) is 6.92 Å². The van der Waals surface area contributed by atoms with Gasteiger partial charge in [0.1, 0.15) is 189 Å². The van der Waals surface area contributed by atoms with Crippen LogP contribution in [0.15, 0.2) is 0 Å². The van der Waals surface area contributed by atoms with Gasteiger partial charge >= 0.3 is 0 Å². The first kappa shape index (κ1) is 82.1. The summed E-state index contributed by atoms with van der Waals surface area (Å²) in [4.78, 5) is 50.5. The number of nitrogens with one attached hydrogen (secondary N) is 4. The molecule has 4 amide bonds. The first-order valence-corrected chi connectivity index (χ1v) is 32.0. The molecule has 8 aliphatic rings. The number of carbonyl (C=O) groups is 4. The fraction of sp³-hybridized carbons (Fsp3) is 0.929. The van der Waals surface area contributed by atoms with E-state index in [9.17, 15) is 126 Å². The van der Waals surface area contributed by atoms with Crippen LogP contribution < -0.4 is 21.3 Å². The van der Waals surface area contributed by atoms with E-state index in [2.05, 4.69) is 21.3 Å². The lowest BCUT2D eigenvalue weighted by atomic mass is 9.93. The highest BCUT2D eigenvalue weighted by molar-refractivity contribution is 5.74. The highest BCUT2D eigenvalue weighted by atomic mass is 16.8. The summed E-state index contributed by atoms with van der Waals surface area (Å²) in [6.45, 7) is -1.94. The minimum Gasteiger partial charge on any atom is -0.394 e. The topological polar surface area (TPSA) is 680 Å². The first-order valence-electron chi connectivity index (χ1n) is 32.0. The number of ether oxygens (including phenoxy) is 15. The molecule has 0 aliphatic carbocycles. The standard InChI is InChI=1S/C56H94N4O40/c1-13-29(70)38(79)40(81)53(88-13)87-12-24-46(36(77)25(49(85)89-24)57-14(2)66)97-52-28(60-17(5)69)37(78)44(21(9-64)93-52)98-55-43(84)47(33(74)23(95-55)11-86-54-41(82)39(80)32(73)20(8-63)92-54)99-56-48(100-51-27(59-16(4)68)35(76)31(72)19(7-62)91-51)42(83)45(22(10-65)94-56)96-50-26(58-15(3)67)34(75)30(71)18(6-61)90-50/h13,18-56,61-65,70-85H,6-12H2,1-5H3,(H,57,66)(H,58,67)(H,59,68)(H,60,69)/t13-,18-,19-,20-,21-,22-,23-,24-,25-,26-,27-,28-,29+,30-,31-,32-,33-,34-,35-,36-,37-,38+,39+,40-,41+,42+,43+,44-,45-,46-,47+,48+,49-,50+,51+,52+,53+,54+,55+,56-/m1/s1. The Morgan fingerprint density at radius 1 is 0.280 bits per heavy atom. The van der Waals surface area contributed by atoms with Crippen molar-refractivity contribution in [1.82, 2.24) is 21.3 Å². The molecule has 0 radical (unpaired) electrons. The summed E-state index contributed by atoms with van der Waals surface area (Å²) in [5, 5.41) is 242. The van der Waals surface area contributed by atoms with Gasteiger partial charge in [0, 0.05) is 27.7 Å². The van der Waals surface area contributed by atoms with E-state index in [1.165, 1.54) is 6.92 Å². The van der Waals surface area contributed by atoms with E-state index in [-0.39, 0.29) is 0 Å². The summed E-state index contributed by atoms with van der Waals surface area (Å²) in [6.07, 6.45) is -71.8. The number of hydrogen-bond donors (Lipinski definition) is 25. The number of carbonyl (C=O) groups excluding carboxylic acids is 4. The third kappa shape index (κ3) is 18.3. The van der Waals surface area contributed by atoms with E-state index in [1.807, 2.05) is 0 Å². The average molecular weight is 1460 g/mol. The normalized spacial score (nSPS) is 48.7. The van der Waals surface area contributed by atoms with Gasteiger partial charge in [-0.15, -0.1) is 0 Å². The van der Waals surface area contributed by atoms with Crippen molar-refractivity contribution in [1.29, 1.82) is 0 Å². The van der Waals surface area contributed by atoms with E-state index >= 15 is 0 Å². The Morgan fingerprint density at radius 2 is 0.610 bits per heavy atom. The Kier molecular flexibility index (Phi) is 29.3. The number of aliphatic hydroxyl groups is 21. The smallest absolute Gasteiger partial charge is 0.217 e. The lowest BCUT2D eigenvalue weighted by molar-refractivity contribution is -0.402. The van der Waals surface area contributed by atoms with E-state index in [0.29, 0.717) is 0 Å². The van der Waals surface area contributed by atoms with Crippen molar-refractivity contribution in [2.45, 2.75) is 280 Å². The van der Waals surface area contributed by atoms with Gasteiger partial charge in [-0.1, -0.05) is 0 Å². The minimum absolute atomic E-state index is 0.806. The summed E-state index contributed by atoms with van der Waals surface area (Å²) in [5.74, 6) is -3.47. The molecule has 0 aromatic heterocycles. The molecule has 8 fully saturated rings. The molecule has 0 bridgehead atoms. The van der Waals surface area contributed by atoms with Crippen LogP contribution in [0.25, 0.3) is 0 Å². The molecule has 8 saturated heterocycles. The fourth-order valence-electron chi connectivity index (χ4n) is 12.8. The van der Waals surface area contributed by atoms with Crippen LogP contribution in [-0.2, 0) is 90.2 Å². The van der Waals surface area contributed by atoms with Gasteiger partial charge in [-0.3, -0.25) is 19.2 Å². The van der Waals surface area contributed by atoms with Crippen LogP contribution in [0.1, 0.15) is 34.6 Å². The summed E-state index contributed by atoms with van der Waals surface area (Å²) >= 11 is 0. The lowest BCUT2D eigenvalue weighted by Gasteiger charge is -2.51. The summed E-state index contributed by atoms with van der Waals surface area (Å²) < 4.78 is 88.9. The van der Waals surface area contributed by atoms with Gasteiger partial charge in [0.15, 0.2) is 50.3 Å². The quantitative estimate of drug-likeness (QED) is 0.0404. The van der Waals surface area contributed by atoms with Gasteiger partial charge in [-0.25, -0.2) is 0 Å². The van der Waals surface area contributed by atoms with Crippen molar-refractivity contribution in [3.8, 4) is 0 Å². The van der Waals surface area contributed by atoms with Gasteiger partial charge in [0.2, 0.25) is 23.6 Å². The number of rotatable bonds is 25. The van der Waals surface area contributed by atoms with Crippen molar-refractivity contribution >= 4 is 23.6 Å². The monoisotopic (exact) mass is 1460 g/mol. The number of hydrogen-bond acceptors (Lipinski definition) is 40. The Balaban J connectivity index is 1.14. The van der Waals surface area contributed by atoms with Crippen LogP contribution >= 0.6 is 0 Å². The van der Waals surface area contributed by atoms with Crippen molar-refractivity contribution in [3.05, 3.63) is 0 Å². The van der Waals surface area contributed by atoms with Crippen LogP contribution in [0.3, 0.4) is 0 Å². The number of amides is 4. The molecule has 0 unspecified atom stereocenters. The minimum atomic E-state index is -2.51. The average Bonchev–Trinajstić information content (AvgIpc) is 0.766. The molecule has 40 atom stereocenters. The maximum absolute atomic E-state index is 13.1. The molecule has 0 saturated carbocycles.